The van der Waals surface area contributed by atoms with E-state index in [0.717, 1.165) is 16.3 Å². The van der Waals surface area contributed by atoms with E-state index in [1.165, 1.54) is 14.2 Å². The number of esters is 2. The summed E-state index contributed by atoms with van der Waals surface area (Å²) in [4.78, 5) is 49.3. The average molecular weight is 473 g/mol. The molecule has 0 aliphatic carbocycles. The number of carbonyl (C=O) groups is 4. The first-order valence-electron chi connectivity index (χ1n) is 10.9. The predicted octanol–water partition coefficient (Wildman–Crippen LogP) is 2.89. The molecule has 2 N–H and O–H groups in total. The Bertz CT molecular complexity index is 1030. The maximum atomic E-state index is 13.2. The summed E-state index contributed by atoms with van der Waals surface area (Å²) in [7, 11) is 2.42. The lowest BCUT2D eigenvalue weighted by molar-refractivity contribution is -0.146. The van der Waals surface area contributed by atoms with Gasteiger partial charge in [-0.25, -0.2) is 9.59 Å². The summed E-state index contributed by atoms with van der Waals surface area (Å²) in [5, 5.41) is 7.20. The van der Waals surface area contributed by atoms with Crippen LogP contribution in [0.2, 0.25) is 0 Å². The van der Waals surface area contributed by atoms with E-state index in [1.54, 1.807) is 20.8 Å². The maximum Gasteiger partial charge on any atom is 0.408 e. The van der Waals surface area contributed by atoms with Crippen LogP contribution >= 0.6 is 0 Å². The Labute approximate surface area is 199 Å². The molecule has 0 unspecified atom stereocenters. The van der Waals surface area contributed by atoms with Crippen LogP contribution in [0.3, 0.4) is 0 Å². The first-order valence-corrected chi connectivity index (χ1v) is 10.9. The lowest BCUT2D eigenvalue weighted by Crippen LogP contribution is -2.53. The van der Waals surface area contributed by atoms with Crippen LogP contribution in [0.25, 0.3) is 10.8 Å². The highest BCUT2D eigenvalue weighted by Gasteiger charge is 2.29. The average Bonchev–Trinajstić information content (AvgIpc) is 2.79. The molecule has 2 amide bonds. The molecule has 0 radical (unpaired) electrons. The number of hydrogen-bond donors (Lipinski definition) is 2. The lowest BCUT2D eigenvalue weighted by atomic mass is 10.0. The van der Waals surface area contributed by atoms with Gasteiger partial charge >= 0.3 is 18.0 Å². The van der Waals surface area contributed by atoms with E-state index in [0.29, 0.717) is 0 Å². The van der Waals surface area contributed by atoms with Crippen LogP contribution in [0.1, 0.15) is 39.2 Å². The SMILES string of the molecule is COC(=O)CC[C@H](NC(=O)[C@H](Cc1ccc2ccccc2c1)NC(=O)OC(C)(C)C)C(=O)OC. The van der Waals surface area contributed by atoms with Crippen LogP contribution in [-0.2, 0) is 35.0 Å². The van der Waals surface area contributed by atoms with Crippen LogP contribution in [0.4, 0.5) is 4.79 Å². The van der Waals surface area contributed by atoms with Crippen molar-refractivity contribution in [1.29, 1.82) is 0 Å². The highest BCUT2D eigenvalue weighted by molar-refractivity contribution is 5.90. The zero-order chi connectivity index (χ0) is 25.3. The molecular weight excluding hydrogens is 440 g/mol. The lowest BCUT2D eigenvalue weighted by Gasteiger charge is -2.25. The smallest absolute Gasteiger partial charge is 0.408 e. The summed E-state index contributed by atoms with van der Waals surface area (Å²) in [6, 6.07) is 11.4. The molecule has 2 aromatic carbocycles. The van der Waals surface area contributed by atoms with Gasteiger partial charge in [0.15, 0.2) is 0 Å². The van der Waals surface area contributed by atoms with Gasteiger partial charge in [0.05, 0.1) is 14.2 Å². The molecule has 0 aliphatic heterocycles. The number of hydrogen-bond acceptors (Lipinski definition) is 7. The van der Waals surface area contributed by atoms with Crippen LogP contribution in [-0.4, -0.2) is 55.8 Å². The van der Waals surface area contributed by atoms with Gasteiger partial charge < -0.3 is 24.8 Å². The molecule has 184 valence electrons. The van der Waals surface area contributed by atoms with Crippen molar-refractivity contribution < 1.29 is 33.4 Å². The minimum Gasteiger partial charge on any atom is -0.469 e. The van der Waals surface area contributed by atoms with Crippen molar-refractivity contribution >= 4 is 34.7 Å². The molecule has 0 bridgehead atoms. The van der Waals surface area contributed by atoms with Gasteiger partial charge in [-0.1, -0.05) is 42.5 Å². The number of benzene rings is 2. The molecule has 9 nitrogen and oxygen atoms in total. The summed E-state index contributed by atoms with van der Waals surface area (Å²) in [5.41, 5.74) is 0.0439. The number of rotatable bonds is 9. The topological polar surface area (TPSA) is 120 Å². The minimum atomic E-state index is -1.09. The second kappa shape index (κ2) is 12.0. The molecule has 9 heteroatoms. The van der Waals surface area contributed by atoms with Gasteiger partial charge in [-0.15, -0.1) is 0 Å². The van der Waals surface area contributed by atoms with E-state index in [1.807, 2.05) is 42.5 Å². The largest absolute Gasteiger partial charge is 0.469 e. The van der Waals surface area contributed by atoms with Crippen molar-refractivity contribution in [2.24, 2.45) is 0 Å². The van der Waals surface area contributed by atoms with Crippen molar-refractivity contribution in [1.82, 2.24) is 10.6 Å². The Morgan fingerprint density at radius 2 is 1.56 bits per heavy atom. The summed E-state index contributed by atoms with van der Waals surface area (Å²) in [6.45, 7) is 5.14. The van der Waals surface area contributed by atoms with E-state index < -0.39 is 41.6 Å². The molecule has 2 aromatic rings. The predicted molar refractivity (Wildman–Crippen MR) is 126 cm³/mol. The molecule has 34 heavy (non-hydrogen) atoms. The van der Waals surface area contributed by atoms with Gasteiger partial charge in [-0.3, -0.25) is 9.59 Å². The number of alkyl carbamates (subject to hydrolysis) is 1. The fourth-order valence-electron chi connectivity index (χ4n) is 3.29. The van der Waals surface area contributed by atoms with Crippen molar-refractivity contribution in [2.75, 3.05) is 14.2 Å². The third-order valence-electron chi connectivity index (χ3n) is 4.93. The summed E-state index contributed by atoms with van der Waals surface area (Å²) >= 11 is 0. The summed E-state index contributed by atoms with van der Waals surface area (Å²) < 4.78 is 14.7. The number of methoxy groups -OCH3 is 2. The van der Waals surface area contributed by atoms with Gasteiger partial charge in [0.25, 0.3) is 0 Å². The maximum absolute atomic E-state index is 13.2. The Hall–Kier alpha value is -3.62. The van der Waals surface area contributed by atoms with Crippen molar-refractivity contribution in [3.63, 3.8) is 0 Å². The standard InChI is InChI=1S/C25H32N2O7/c1-25(2,3)34-24(31)27-20(15-16-10-11-17-8-6-7-9-18(17)14-16)22(29)26-19(23(30)33-5)12-13-21(28)32-4/h6-11,14,19-20H,12-13,15H2,1-5H3,(H,26,29)(H,27,31)/t19-,20-/m0/s1. The van der Waals surface area contributed by atoms with Crippen LogP contribution in [0, 0.1) is 0 Å². The van der Waals surface area contributed by atoms with E-state index in [4.69, 9.17) is 9.47 Å². The quantitative estimate of drug-likeness (QED) is 0.425. The highest BCUT2D eigenvalue weighted by Crippen LogP contribution is 2.17. The monoisotopic (exact) mass is 472 g/mol. The zero-order valence-corrected chi connectivity index (χ0v) is 20.2. The number of fused-ring (bicyclic) bond motifs is 1. The molecule has 0 aliphatic rings. The molecule has 0 fully saturated rings. The number of carbonyl (C=O) groups excluding carboxylic acids is 4. The highest BCUT2D eigenvalue weighted by atomic mass is 16.6. The first kappa shape index (κ1) is 26.6. The molecule has 0 saturated heterocycles. The van der Waals surface area contributed by atoms with Gasteiger partial charge in [0.1, 0.15) is 17.7 Å². The van der Waals surface area contributed by atoms with E-state index >= 15 is 0 Å². The molecule has 0 spiro atoms. The normalized spacial score (nSPS) is 12.9. The second-order valence-electron chi connectivity index (χ2n) is 8.78. The molecule has 2 atom stereocenters. The van der Waals surface area contributed by atoms with Gasteiger partial charge in [-0.05, 0) is 43.5 Å². The van der Waals surface area contributed by atoms with E-state index in [-0.39, 0.29) is 19.3 Å². The Kier molecular flexibility index (Phi) is 9.41. The number of nitrogens with one attached hydrogen (secondary N) is 2. The van der Waals surface area contributed by atoms with Crippen molar-refractivity contribution in [3.05, 3.63) is 48.0 Å². The van der Waals surface area contributed by atoms with Gasteiger partial charge in [-0.2, -0.15) is 0 Å². The Morgan fingerprint density at radius 1 is 0.882 bits per heavy atom. The van der Waals surface area contributed by atoms with Gasteiger partial charge in [0.2, 0.25) is 5.91 Å². The first-order chi connectivity index (χ1) is 16.0. The minimum absolute atomic E-state index is 0.0137. The van der Waals surface area contributed by atoms with Crippen molar-refractivity contribution in [3.8, 4) is 0 Å². The Balaban J connectivity index is 2.24. The van der Waals surface area contributed by atoms with Gasteiger partial charge in [0, 0.05) is 12.8 Å². The van der Waals surface area contributed by atoms with Crippen LogP contribution in [0.5, 0.6) is 0 Å². The van der Waals surface area contributed by atoms with E-state index in [9.17, 15) is 19.2 Å². The molecular formula is C25H32N2O7. The van der Waals surface area contributed by atoms with Crippen LogP contribution in [0.15, 0.2) is 42.5 Å². The van der Waals surface area contributed by atoms with E-state index in [2.05, 4.69) is 15.4 Å². The number of ether oxygens (including phenoxy) is 3. The van der Waals surface area contributed by atoms with Crippen molar-refractivity contribution in [2.45, 2.75) is 57.7 Å². The molecule has 2 rings (SSSR count). The second-order valence-corrected chi connectivity index (χ2v) is 8.78. The summed E-state index contributed by atoms with van der Waals surface area (Å²) in [5.74, 6) is -1.85. The number of amides is 2. The third-order valence-corrected chi connectivity index (χ3v) is 4.93. The fraction of sp³-hybridized carbons (Fsp3) is 0.440. The molecule has 0 saturated carbocycles. The summed E-state index contributed by atoms with van der Waals surface area (Å²) in [6.07, 6.45) is -0.718. The Morgan fingerprint density at radius 3 is 2.18 bits per heavy atom. The van der Waals surface area contributed by atoms with Crippen LogP contribution < -0.4 is 10.6 Å². The zero-order valence-electron chi connectivity index (χ0n) is 20.2. The fourth-order valence-corrected chi connectivity index (χ4v) is 3.29. The third kappa shape index (κ3) is 8.38. The molecule has 0 aromatic heterocycles. The molecule has 0 heterocycles.